The Bertz CT molecular complexity index is 1410. The maximum atomic E-state index is 13.7. The first-order valence-corrected chi connectivity index (χ1v) is 12.7. The Labute approximate surface area is 221 Å². The van der Waals surface area contributed by atoms with Crippen LogP contribution in [0, 0.1) is 16.0 Å². The van der Waals surface area contributed by atoms with Gasteiger partial charge in [0.2, 0.25) is 0 Å². The SMILES string of the molecule is CC1=NC2=C(C(=O)C[C@H](c3ccccc3)C2)[C@@H](c2ccc([N+](=O)[O-])cc2)C1C(=O)OCCc1ccccc1. The van der Waals surface area contributed by atoms with Crippen molar-refractivity contribution in [3.05, 3.63) is 123 Å². The molecule has 0 radical (unpaired) electrons. The first kappa shape index (κ1) is 25.3. The molecule has 3 aromatic rings. The van der Waals surface area contributed by atoms with E-state index >= 15 is 0 Å². The van der Waals surface area contributed by atoms with E-state index in [4.69, 9.17) is 9.73 Å². The van der Waals surface area contributed by atoms with E-state index in [-0.39, 0.29) is 24.0 Å². The molecule has 2 aliphatic rings. The van der Waals surface area contributed by atoms with Crippen molar-refractivity contribution in [2.24, 2.45) is 10.9 Å². The molecule has 0 fully saturated rings. The molecule has 7 heteroatoms. The average Bonchev–Trinajstić information content (AvgIpc) is 2.93. The Morgan fingerprint density at radius 3 is 2.26 bits per heavy atom. The van der Waals surface area contributed by atoms with Crippen LogP contribution in [0.4, 0.5) is 5.69 Å². The topological polar surface area (TPSA) is 98.9 Å². The van der Waals surface area contributed by atoms with Gasteiger partial charge in [0.15, 0.2) is 5.78 Å². The van der Waals surface area contributed by atoms with Gasteiger partial charge in [-0.25, -0.2) is 0 Å². The van der Waals surface area contributed by atoms with Crippen molar-refractivity contribution in [1.82, 2.24) is 0 Å². The molecule has 0 bridgehead atoms. The minimum absolute atomic E-state index is 0.00545. The molecular formula is C31H28N2O5. The van der Waals surface area contributed by atoms with Crippen LogP contribution >= 0.6 is 0 Å². The number of carbonyl (C=O) groups excluding carboxylic acids is 2. The third-order valence-corrected chi connectivity index (χ3v) is 7.35. The summed E-state index contributed by atoms with van der Waals surface area (Å²) < 4.78 is 5.71. The molecule has 0 saturated carbocycles. The Kier molecular flexibility index (Phi) is 7.26. The Balaban J connectivity index is 1.47. The van der Waals surface area contributed by atoms with E-state index < -0.39 is 22.7 Å². The van der Waals surface area contributed by atoms with Gasteiger partial charge in [0.1, 0.15) is 5.92 Å². The van der Waals surface area contributed by atoms with Crippen LogP contribution in [0.5, 0.6) is 0 Å². The van der Waals surface area contributed by atoms with Crippen LogP contribution in [0.2, 0.25) is 0 Å². The van der Waals surface area contributed by atoms with Crippen LogP contribution in [-0.2, 0) is 20.7 Å². The number of hydrogen-bond acceptors (Lipinski definition) is 6. The summed E-state index contributed by atoms with van der Waals surface area (Å²) in [4.78, 5) is 42.7. The predicted molar refractivity (Wildman–Crippen MR) is 144 cm³/mol. The summed E-state index contributed by atoms with van der Waals surface area (Å²) in [6.45, 7) is 2.00. The van der Waals surface area contributed by atoms with Crippen molar-refractivity contribution >= 4 is 23.2 Å². The van der Waals surface area contributed by atoms with Crippen LogP contribution in [0.3, 0.4) is 0 Å². The summed E-state index contributed by atoms with van der Waals surface area (Å²) in [6, 6.07) is 25.7. The lowest BCUT2D eigenvalue weighted by Crippen LogP contribution is -2.38. The molecule has 0 amide bonds. The van der Waals surface area contributed by atoms with E-state index in [2.05, 4.69) is 0 Å². The fourth-order valence-electron chi connectivity index (χ4n) is 5.49. The van der Waals surface area contributed by atoms with Crippen LogP contribution in [0.1, 0.15) is 48.3 Å². The third kappa shape index (κ3) is 5.18. The molecule has 192 valence electrons. The first-order chi connectivity index (χ1) is 18.4. The van der Waals surface area contributed by atoms with Gasteiger partial charge in [0.05, 0.1) is 11.5 Å². The summed E-state index contributed by atoms with van der Waals surface area (Å²) in [6.07, 6.45) is 1.47. The standard InChI is InChI=1S/C31H28N2O5/c1-20-28(31(35)38-17-16-21-8-4-2-5-9-21)29(23-12-14-25(15-13-23)33(36)37)30-26(32-20)18-24(19-27(30)34)22-10-6-3-7-11-22/h2-15,24,28-29H,16-19H2,1H3/t24-,28?,29+/m1/s1. The fraction of sp³-hybridized carbons (Fsp3) is 0.258. The number of nitrogens with zero attached hydrogens (tertiary/aromatic N) is 2. The minimum Gasteiger partial charge on any atom is -0.465 e. The number of esters is 1. The number of allylic oxidation sites excluding steroid dienone is 2. The second-order valence-corrected chi connectivity index (χ2v) is 9.76. The van der Waals surface area contributed by atoms with Crippen molar-refractivity contribution in [3.8, 4) is 0 Å². The average molecular weight is 509 g/mol. The number of nitro groups is 1. The number of ether oxygens (including phenoxy) is 1. The first-order valence-electron chi connectivity index (χ1n) is 12.7. The number of Topliss-reactive ketones (excluding diaryl/α,β-unsaturated/α-hetero) is 1. The number of benzene rings is 3. The second kappa shape index (κ2) is 10.9. The third-order valence-electron chi connectivity index (χ3n) is 7.35. The number of rotatable bonds is 7. The van der Waals surface area contributed by atoms with E-state index in [0.29, 0.717) is 41.8 Å². The summed E-state index contributed by atoms with van der Waals surface area (Å²) in [7, 11) is 0. The highest BCUT2D eigenvalue weighted by Gasteiger charge is 2.44. The van der Waals surface area contributed by atoms with Gasteiger partial charge in [-0.1, -0.05) is 72.8 Å². The number of nitro benzene ring substituents is 1. The highest BCUT2D eigenvalue weighted by molar-refractivity contribution is 6.09. The van der Waals surface area contributed by atoms with Gasteiger partial charge < -0.3 is 4.74 Å². The van der Waals surface area contributed by atoms with E-state index in [1.807, 2.05) is 60.7 Å². The Morgan fingerprint density at radius 2 is 1.61 bits per heavy atom. The molecule has 1 aliphatic heterocycles. The number of ketones is 1. The van der Waals surface area contributed by atoms with Gasteiger partial charge in [0.25, 0.3) is 5.69 Å². The molecule has 0 saturated heterocycles. The van der Waals surface area contributed by atoms with Gasteiger partial charge >= 0.3 is 5.97 Å². The zero-order valence-corrected chi connectivity index (χ0v) is 21.1. The van der Waals surface area contributed by atoms with Crippen LogP contribution in [0.15, 0.2) is 101 Å². The normalized spacial score (nSPS) is 20.9. The van der Waals surface area contributed by atoms with Crippen LogP contribution < -0.4 is 0 Å². The van der Waals surface area contributed by atoms with Crippen molar-refractivity contribution in [3.63, 3.8) is 0 Å². The van der Waals surface area contributed by atoms with E-state index in [1.165, 1.54) is 12.1 Å². The molecule has 1 aliphatic carbocycles. The highest BCUT2D eigenvalue weighted by Crippen LogP contribution is 2.47. The predicted octanol–water partition coefficient (Wildman–Crippen LogP) is 5.96. The quantitative estimate of drug-likeness (QED) is 0.223. The minimum atomic E-state index is -0.789. The molecule has 0 aromatic heterocycles. The number of carbonyl (C=O) groups is 2. The second-order valence-electron chi connectivity index (χ2n) is 9.76. The highest BCUT2D eigenvalue weighted by atomic mass is 16.6. The van der Waals surface area contributed by atoms with E-state index in [9.17, 15) is 19.7 Å². The number of aliphatic imine (C=N–C) groups is 1. The van der Waals surface area contributed by atoms with Gasteiger partial charge in [-0.3, -0.25) is 24.7 Å². The summed E-state index contributed by atoms with van der Waals surface area (Å²) in [5.41, 5.74) is 4.53. The summed E-state index contributed by atoms with van der Waals surface area (Å²) in [5.74, 6) is -1.90. The Hall–Kier alpha value is -4.39. The van der Waals surface area contributed by atoms with Crippen molar-refractivity contribution in [2.75, 3.05) is 6.61 Å². The Morgan fingerprint density at radius 1 is 0.947 bits per heavy atom. The molecular weight excluding hydrogens is 480 g/mol. The van der Waals surface area contributed by atoms with Gasteiger partial charge in [-0.2, -0.15) is 0 Å². The smallest absolute Gasteiger partial charge is 0.315 e. The molecule has 3 aromatic carbocycles. The molecule has 0 spiro atoms. The zero-order chi connectivity index (χ0) is 26.6. The van der Waals surface area contributed by atoms with Crippen LogP contribution in [0.25, 0.3) is 0 Å². The zero-order valence-electron chi connectivity index (χ0n) is 21.1. The maximum Gasteiger partial charge on any atom is 0.315 e. The van der Waals surface area contributed by atoms with E-state index in [0.717, 1.165) is 11.1 Å². The van der Waals surface area contributed by atoms with Gasteiger partial charge in [-0.05, 0) is 36.0 Å². The van der Waals surface area contributed by atoms with E-state index in [1.54, 1.807) is 19.1 Å². The molecule has 3 atom stereocenters. The molecule has 1 unspecified atom stereocenters. The summed E-state index contributed by atoms with van der Waals surface area (Å²) >= 11 is 0. The molecule has 38 heavy (non-hydrogen) atoms. The molecule has 1 heterocycles. The number of hydrogen-bond donors (Lipinski definition) is 0. The maximum absolute atomic E-state index is 13.7. The van der Waals surface area contributed by atoms with Crippen molar-refractivity contribution < 1.29 is 19.2 Å². The monoisotopic (exact) mass is 508 g/mol. The molecule has 7 nitrogen and oxygen atoms in total. The van der Waals surface area contributed by atoms with Crippen LogP contribution in [-0.4, -0.2) is 29.0 Å². The van der Waals surface area contributed by atoms with Crippen molar-refractivity contribution in [1.29, 1.82) is 0 Å². The van der Waals surface area contributed by atoms with Gasteiger partial charge in [0, 0.05) is 47.9 Å². The summed E-state index contributed by atoms with van der Waals surface area (Å²) in [5, 5.41) is 11.2. The largest absolute Gasteiger partial charge is 0.465 e. The van der Waals surface area contributed by atoms with Crippen molar-refractivity contribution in [2.45, 2.75) is 38.0 Å². The number of non-ortho nitro benzene ring substituents is 1. The van der Waals surface area contributed by atoms with Gasteiger partial charge in [-0.15, -0.1) is 0 Å². The lowest BCUT2D eigenvalue weighted by atomic mass is 9.69. The molecule has 0 N–H and O–H groups in total. The fourth-order valence-corrected chi connectivity index (χ4v) is 5.49. The molecule has 5 rings (SSSR count). The lowest BCUT2D eigenvalue weighted by Gasteiger charge is -2.36. The lowest BCUT2D eigenvalue weighted by molar-refractivity contribution is -0.384.